The first-order valence-corrected chi connectivity index (χ1v) is 8.77. The number of aliphatic hydroxyl groups is 1. The van der Waals surface area contributed by atoms with E-state index in [1.807, 2.05) is 0 Å². The topological polar surface area (TPSA) is 101 Å². The fourth-order valence-electron chi connectivity index (χ4n) is 2.85. The predicted molar refractivity (Wildman–Crippen MR) is 94.8 cm³/mol. The van der Waals surface area contributed by atoms with Gasteiger partial charge in [-0.15, -0.1) is 0 Å². The van der Waals surface area contributed by atoms with Crippen LogP contribution >= 0.6 is 0 Å². The maximum absolute atomic E-state index is 11.7. The average Bonchev–Trinajstić information content (AvgIpc) is 2.48. The number of nitrogens with zero attached hydrogens (tertiary/aromatic N) is 2. The molecule has 1 aromatic rings. The monoisotopic (exact) mass is 334 g/mol. The second-order valence-electron chi connectivity index (χ2n) is 8.04. The van der Waals surface area contributed by atoms with E-state index in [0.717, 1.165) is 25.7 Å². The molecule has 6 nitrogen and oxygen atoms in total. The molecule has 1 aliphatic carbocycles. The standard InChI is InChI=1S/C18H30N4O2/c1-11(18(2,3)4)9-15-14(16(19)24)10-20-17(22-15)21-12-5-7-13(23)8-6-12/h10-13,23H,5-9H2,1-4H3,(H2,19,24)(H,20,21,22)/t11-,12?,13?/m1/s1. The van der Waals surface area contributed by atoms with Gasteiger partial charge in [-0.3, -0.25) is 4.79 Å². The number of primary amides is 1. The normalized spacial score (nSPS) is 22.9. The van der Waals surface area contributed by atoms with Gasteiger partial charge in [0.25, 0.3) is 5.91 Å². The molecule has 0 bridgehead atoms. The Bertz CT molecular complexity index is 575. The summed E-state index contributed by atoms with van der Waals surface area (Å²) in [6.45, 7) is 8.68. The molecule has 0 radical (unpaired) electrons. The van der Waals surface area contributed by atoms with Gasteiger partial charge in [0.1, 0.15) is 0 Å². The van der Waals surface area contributed by atoms with E-state index in [4.69, 9.17) is 5.73 Å². The first-order valence-electron chi connectivity index (χ1n) is 8.77. The Labute approximate surface area is 144 Å². The lowest BCUT2D eigenvalue weighted by atomic mass is 9.79. The molecule has 4 N–H and O–H groups in total. The van der Waals surface area contributed by atoms with Crippen molar-refractivity contribution in [3.8, 4) is 0 Å². The van der Waals surface area contributed by atoms with Gasteiger partial charge in [-0.25, -0.2) is 9.97 Å². The number of nitrogens with two attached hydrogens (primary N) is 1. The zero-order valence-electron chi connectivity index (χ0n) is 15.2. The van der Waals surface area contributed by atoms with E-state index in [1.165, 1.54) is 6.20 Å². The van der Waals surface area contributed by atoms with Crippen molar-refractivity contribution in [2.24, 2.45) is 17.1 Å². The molecule has 2 rings (SSSR count). The number of carbonyl (C=O) groups excluding carboxylic acids is 1. The molecular formula is C18H30N4O2. The summed E-state index contributed by atoms with van der Waals surface area (Å²) in [6, 6.07) is 0.265. The molecule has 1 fully saturated rings. The highest BCUT2D eigenvalue weighted by Crippen LogP contribution is 2.29. The fraction of sp³-hybridized carbons (Fsp3) is 0.722. The van der Waals surface area contributed by atoms with Crippen LogP contribution in [0.1, 0.15) is 69.4 Å². The van der Waals surface area contributed by atoms with Crippen LogP contribution in [0.4, 0.5) is 5.95 Å². The lowest BCUT2D eigenvalue weighted by Gasteiger charge is -2.28. The number of amides is 1. The Morgan fingerprint density at radius 2 is 2.00 bits per heavy atom. The van der Waals surface area contributed by atoms with Crippen LogP contribution < -0.4 is 11.1 Å². The lowest BCUT2D eigenvalue weighted by Crippen LogP contribution is -2.29. The van der Waals surface area contributed by atoms with E-state index < -0.39 is 5.91 Å². The summed E-state index contributed by atoms with van der Waals surface area (Å²) in [5.74, 6) is 0.402. The first-order chi connectivity index (χ1) is 11.2. The zero-order valence-corrected chi connectivity index (χ0v) is 15.2. The SMILES string of the molecule is C[C@H](Cc1nc(NC2CCC(O)CC2)ncc1C(N)=O)C(C)(C)C. The molecule has 1 amide bonds. The van der Waals surface area contributed by atoms with Crippen molar-refractivity contribution in [1.82, 2.24) is 9.97 Å². The lowest BCUT2D eigenvalue weighted by molar-refractivity contribution is 0.0997. The molecule has 6 heteroatoms. The molecule has 1 heterocycles. The van der Waals surface area contributed by atoms with Crippen LogP contribution in [-0.2, 0) is 6.42 Å². The van der Waals surface area contributed by atoms with Crippen LogP contribution in [0.25, 0.3) is 0 Å². The summed E-state index contributed by atoms with van der Waals surface area (Å²) in [4.78, 5) is 20.5. The number of aliphatic hydroxyl groups excluding tert-OH is 1. The summed E-state index contributed by atoms with van der Waals surface area (Å²) in [7, 11) is 0. The molecule has 24 heavy (non-hydrogen) atoms. The largest absolute Gasteiger partial charge is 0.393 e. The third-order valence-electron chi connectivity index (χ3n) is 5.14. The Kier molecular flexibility index (Phi) is 5.80. The molecule has 0 spiro atoms. The van der Waals surface area contributed by atoms with Crippen LogP contribution in [-0.4, -0.2) is 33.1 Å². The summed E-state index contributed by atoms with van der Waals surface area (Å²) in [6.07, 6.45) is 5.41. The number of nitrogens with one attached hydrogen (secondary N) is 1. The zero-order chi connectivity index (χ0) is 17.9. The maximum atomic E-state index is 11.7. The van der Waals surface area contributed by atoms with E-state index >= 15 is 0 Å². The average molecular weight is 334 g/mol. The van der Waals surface area contributed by atoms with E-state index in [1.54, 1.807) is 0 Å². The van der Waals surface area contributed by atoms with Crippen molar-refractivity contribution in [2.75, 3.05) is 5.32 Å². The third kappa shape index (κ3) is 4.90. The molecular weight excluding hydrogens is 304 g/mol. The van der Waals surface area contributed by atoms with Crippen molar-refractivity contribution in [3.63, 3.8) is 0 Å². The summed E-state index contributed by atoms with van der Waals surface area (Å²) in [5.41, 5.74) is 6.71. The molecule has 1 aromatic heterocycles. The Morgan fingerprint density at radius 3 is 2.54 bits per heavy atom. The second-order valence-corrected chi connectivity index (χ2v) is 8.04. The minimum atomic E-state index is -0.488. The smallest absolute Gasteiger partial charge is 0.252 e. The number of anilines is 1. The summed E-state index contributed by atoms with van der Waals surface area (Å²) in [5, 5.41) is 12.9. The number of hydrogen-bond acceptors (Lipinski definition) is 5. The van der Waals surface area contributed by atoms with Crippen LogP contribution in [0.15, 0.2) is 6.20 Å². The van der Waals surface area contributed by atoms with Crippen molar-refractivity contribution >= 4 is 11.9 Å². The molecule has 0 unspecified atom stereocenters. The van der Waals surface area contributed by atoms with Gasteiger partial charge in [-0.1, -0.05) is 27.7 Å². The molecule has 0 saturated heterocycles. The van der Waals surface area contributed by atoms with Gasteiger partial charge >= 0.3 is 0 Å². The number of aromatic nitrogens is 2. The van der Waals surface area contributed by atoms with E-state index in [2.05, 4.69) is 43.0 Å². The minimum Gasteiger partial charge on any atom is -0.393 e. The van der Waals surface area contributed by atoms with Crippen LogP contribution in [0.2, 0.25) is 0 Å². The van der Waals surface area contributed by atoms with Gasteiger partial charge in [0.2, 0.25) is 5.95 Å². The van der Waals surface area contributed by atoms with E-state index in [9.17, 15) is 9.90 Å². The van der Waals surface area contributed by atoms with Crippen molar-refractivity contribution < 1.29 is 9.90 Å². The number of rotatable bonds is 5. The fourth-order valence-corrected chi connectivity index (χ4v) is 2.85. The van der Waals surface area contributed by atoms with Crippen molar-refractivity contribution in [2.45, 2.75) is 71.9 Å². The highest BCUT2D eigenvalue weighted by molar-refractivity contribution is 5.93. The van der Waals surface area contributed by atoms with Crippen molar-refractivity contribution in [1.29, 1.82) is 0 Å². The minimum absolute atomic E-state index is 0.118. The van der Waals surface area contributed by atoms with E-state index in [0.29, 0.717) is 29.5 Å². The maximum Gasteiger partial charge on any atom is 0.252 e. The highest BCUT2D eigenvalue weighted by atomic mass is 16.3. The molecule has 134 valence electrons. The van der Waals surface area contributed by atoms with E-state index in [-0.39, 0.29) is 17.6 Å². The quantitative estimate of drug-likeness (QED) is 0.768. The third-order valence-corrected chi connectivity index (χ3v) is 5.14. The second kappa shape index (κ2) is 7.47. The molecule has 0 aliphatic heterocycles. The van der Waals surface area contributed by atoms with Crippen LogP contribution in [0.3, 0.4) is 0 Å². The van der Waals surface area contributed by atoms with Gasteiger partial charge in [0, 0.05) is 12.2 Å². The first kappa shape index (κ1) is 18.6. The Morgan fingerprint density at radius 1 is 1.38 bits per heavy atom. The van der Waals surface area contributed by atoms with Gasteiger partial charge in [-0.05, 0) is 43.4 Å². The molecule has 1 saturated carbocycles. The molecule has 1 aliphatic rings. The highest BCUT2D eigenvalue weighted by Gasteiger charge is 2.24. The van der Waals surface area contributed by atoms with Gasteiger partial charge in [0.15, 0.2) is 0 Å². The number of hydrogen-bond donors (Lipinski definition) is 3. The van der Waals surface area contributed by atoms with Crippen LogP contribution in [0, 0.1) is 11.3 Å². The molecule has 0 aromatic carbocycles. The van der Waals surface area contributed by atoms with Gasteiger partial charge in [-0.2, -0.15) is 0 Å². The Balaban J connectivity index is 2.16. The number of carbonyl (C=O) groups is 1. The van der Waals surface area contributed by atoms with Gasteiger partial charge in [0.05, 0.1) is 17.4 Å². The van der Waals surface area contributed by atoms with Gasteiger partial charge < -0.3 is 16.2 Å². The van der Waals surface area contributed by atoms with Crippen LogP contribution in [0.5, 0.6) is 0 Å². The summed E-state index contributed by atoms with van der Waals surface area (Å²) >= 11 is 0. The Hall–Kier alpha value is -1.69. The van der Waals surface area contributed by atoms with Crippen molar-refractivity contribution in [3.05, 3.63) is 17.5 Å². The summed E-state index contributed by atoms with van der Waals surface area (Å²) < 4.78 is 0. The molecule has 1 atom stereocenters. The predicted octanol–water partition coefficient (Wildman–Crippen LogP) is 2.52.